The summed E-state index contributed by atoms with van der Waals surface area (Å²) >= 11 is 0. The fourth-order valence-corrected chi connectivity index (χ4v) is 9.23. The summed E-state index contributed by atoms with van der Waals surface area (Å²) in [4.78, 5) is 2.37. The highest BCUT2D eigenvalue weighted by atomic mass is 16.3. The molecule has 0 saturated heterocycles. The lowest BCUT2D eigenvalue weighted by Gasteiger charge is -2.27. The van der Waals surface area contributed by atoms with Gasteiger partial charge >= 0.3 is 0 Å². The molecule has 0 aliphatic heterocycles. The summed E-state index contributed by atoms with van der Waals surface area (Å²) in [5.74, 6) is 0. The van der Waals surface area contributed by atoms with E-state index in [1.165, 1.54) is 55.6 Å². The van der Waals surface area contributed by atoms with Crippen LogP contribution < -0.4 is 4.90 Å². The zero-order chi connectivity index (χ0) is 39.5. The van der Waals surface area contributed by atoms with Crippen LogP contribution >= 0.6 is 0 Å². The Kier molecular flexibility index (Phi) is 8.20. The molecular weight excluding hydrogens is 715 g/mol. The number of fused-ring (bicyclic) bond motifs is 6. The molecule has 1 heterocycles. The third-order valence-electron chi connectivity index (χ3n) is 12.3. The normalized spacial score (nSPS) is 12.7. The zero-order valence-electron chi connectivity index (χ0n) is 33.1. The van der Waals surface area contributed by atoms with E-state index in [1.807, 2.05) is 12.1 Å². The van der Waals surface area contributed by atoms with Crippen molar-refractivity contribution in [3.8, 4) is 55.6 Å². The van der Waals surface area contributed by atoms with Crippen molar-refractivity contribution >= 4 is 39.0 Å². The first-order valence-electron chi connectivity index (χ1n) is 20.4. The molecule has 0 spiro atoms. The van der Waals surface area contributed by atoms with Crippen LogP contribution in [-0.2, 0) is 5.41 Å². The average molecular weight is 756 g/mol. The third-order valence-corrected chi connectivity index (χ3v) is 12.3. The molecule has 10 aromatic rings. The van der Waals surface area contributed by atoms with E-state index in [1.54, 1.807) is 0 Å². The van der Waals surface area contributed by atoms with Gasteiger partial charge in [-0.3, -0.25) is 0 Å². The van der Waals surface area contributed by atoms with E-state index in [4.69, 9.17) is 4.42 Å². The molecule has 9 aromatic carbocycles. The topological polar surface area (TPSA) is 16.4 Å². The molecule has 1 aliphatic rings. The molecule has 11 rings (SSSR count). The lowest BCUT2D eigenvalue weighted by Crippen LogP contribution is -2.15. The lowest BCUT2D eigenvalue weighted by atomic mass is 9.81. The number of hydrogen-bond acceptors (Lipinski definition) is 2. The number of benzene rings is 9. The monoisotopic (exact) mass is 755 g/mol. The van der Waals surface area contributed by atoms with Crippen LogP contribution in [0.5, 0.6) is 0 Å². The number of anilines is 3. The van der Waals surface area contributed by atoms with Crippen LogP contribution in [0.2, 0.25) is 0 Å². The standard InChI is InChI=1S/C57H41NO/c1-57(2)53-33-29-43(36-52(53)49-32-28-44(37-54(49)57)39-16-7-4-8-17-39)42-19-12-21-47(35-42)58(46-20-11-18-41(34-46)38-14-5-3-6-15-38)45-30-26-40(27-31-45)48-23-13-24-51-50-22-9-10-25-55(50)59-56(48)51/h3-37H,1-2H3. The summed E-state index contributed by atoms with van der Waals surface area (Å²) in [5.41, 5.74) is 19.8. The van der Waals surface area contributed by atoms with Gasteiger partial charge < -0.3 is 9.32 Å². The molecule has 0 unspecified atom stereocenters. The number of hydrogen-bond donors (Lipinski definition) is 0. The lowest BCUT2D eigenvalue weighted by molar-refractivity contribution is 0.660. The van der Waals surface area contributed by atoms with Gasteiger partial charge in [0, 0.05) is 38.8 Å². The fourth-order valence-electron chi connectivity index (χ4n) is 9.23. The predicted octanol–water partition coefficient (Wildman–Crippen LogP) is 16.0. The minimum Gasteiger partial charge on any atom is -0.455 e. The van der Waals surface area contributed by atoms with Crippen molar-refractivity contribution in [2.24, 2.45) is 0 Å². The molecule has 0 fully saturated rings. The second-order valence-electron chi connectivity index (χ2n) is 16.1. The van der Waals surface area contributed by atoms with Gasteiger partial charge in [-0.2, -0.15) is 0 Å². The SMILES string of the molecule is CC1(C)c2ccc(-c3cccc(N(c4ccc(-c5cccc6c5oc5ccccc56)cc4)c4cccc(-c5ccccc5)c4)c3)cc2-c2ccc(-c3ccccc3)cc21. The third kappa shape index (κ3) is 5.96. The minimum atomic E-state index is -0.0987. The Hall–Kier alpha value is -7.42. The first kappa shape index (κ1) is 34.8. The van der Waals surface area contributed by atoms with Crippen molar-refractivity contribution in [3.05, 3.63) is 223 Å². The fraction of sp³-hybridized carbons (Fsp3) is 0.0526. The number of para-hydroxylation sites is 2. The van der Waals surface area contributed by atoms with Gasteiger partial charge in [0.2, 0.25) is 0 Å². The molecule has 2 heteroatoms. The second-order valence-corrected chi connectivity index (χ2v) is 16.1. The molecule has 0 bridgehead atoms. The maximum absolute atomic E-state index is 6.44. The molecule has 0 atom stereocenters. The Morgan fingerprint density at radius 2 is 0.881 bits per heavy atom. The molecule has 0 saturated carbocycles. The molecule has 59 heavy (non-hydrogen) atoms. The predicted molar refractivity (Wildman–Crippen MR) is 248 cm³/mol. The number of furan rings is 1. The van der Waals surface area contributed by atoms with Crippen molar-refractivity contribution in [1.82, 2.24) is 0 Å². The quantitative estimate of drug-likeness (QED) is 0.161. The highest BCUT2D eigenvalue weighted by molar-refractivity contribution is 6.09. The summed E-state index contributed by atoms with van der Waals surface area (Å²) in [6, 6.07) is 76.8. The largest absolute Gasteiger partial charge is 0.455 e. The second kappa shape index (κ2) is 13.9. The van der Waals surface area contributed by atoms with E-state index in [9.17, 15) is 0 Å². The van der Waals surface area contributed by atoms with Gasteiger partial charge in [0.15, 0.2) is 0 Å². The van der Waals surface area contributed by atoms with Crippen LogP contribution in [0.3, 0.4) is 0 Å². The van der Waals surface area contributed by atoms with Crippen molar-refractivity contribution in [3.63, 3.8) is 0 Å². The first-order valence-corrected chi connectivity index (χ1v) is 20.4. The molecule has 0 amide bonds. The van der Waals surface area contributed by atoms with Gasteiger partial charge in [-0.25, -0.2) is 0 Å². The molecule has 0 radical (unpaired) electrons. The molecule has 1 aliphatic carbocycles. The molecule has 1 aromatic heterocycles. The molecule has 0 N–H and O–H groups in total. The highest BCUT2D eigenvalue weighted by Gasteiger charge is 2.35. The van der Waals surface area contributed by atoms with Gasteiger partial charge in [-0.1, -0.05) is 172 Å². The van der Waals surface area contributed by atoms with Crippen molar-refractivity contribution in [1.29, 1.82) is 0 Å². The summed E-state index contributed by atoms with van der Waals surface area (Å²) in [6.07, 6.45) is 0. The van der Waals surface area contributed by atoms with Crippen LogP contribution in [0.15, 0.2) is 217 Å². The van der Waals surface area contributed by atoms with E-state index in [2.05, 4.69) is 219 Å². The summed E-state index contributed by atoms with van der Waals surface area (Å²) in [5, 5.41) is 2.27. The van der Waals surface area contributed by atoms with Gasteiger partial charge in [0.25, 0.3) is 0 Å². The van der Waals surface area contributed by atoms with Gasteiger partial charge in [0.1, 0.15) is 11.2 Å². The van der Waals surface area contributed by atoms with E-state index in [0.29, 0.717) is 0 Å². The summed E-state index contributed by atoms with van der Waals surface area (Å²) in [7, 11) is 0. The Morgan fingerprint density at radius 3 is 1.59 bits per heavy atom. The van der Waals surface area contributed by atoms with Crippen LogP contribution in [-0.4, -0.2) is 0 Å². The smallest absolute Gasteiger partial charge is 0.143 e. The van der Waals surface area contributed by atoms with Crippen LogP contribution in [0.4, 0.5) is 17.1 Å². The Bertz CT molecular complexity index is 3170. The van der Waals surface area contributed by atoms with Crippen LogP contribution in [0.1, 0.15) is 25.0 Å². The zero-order valence-corrected chi connectivity index (χ0v) is 33.1. The average Bonchev–Trinajstić information content (AvgIpc) is 3.79. The minimum absolute atomic E-state index is 0.0987. The Balaban J connectivity index is 1.00. The van der Waals surface area contributed by atoms with Crippen molar-refractivity contribution < 1.29 is 4.42 Å². The van der Waals surface area contributed by atoms with Gasteiger partial charge in [-0.05, 0) is 116 Å². The Morgan fingerprint density at radius 1 is 0.339 bits per heavy atom. The summed E-state index contributed by atoms with van der Waals surface area (Å²) in [6.45, 7) is 4.72. The Labute approximate surface area is 345 Å². The highest BCUT2D eigenvalue weighted by Crippen LogP contribution is 2.51. The van der Waals surface area contributed by atoms with E-state index in [-0.39, 0.29) is 5.41 Å². The van der Waals surface area contributed by atoms with E-state index in [0.717, 1.165) is 50.1 Å². The maximum atomic E-state index is 6.44. The number of rotatable bonds is 7. The van der Waals surface area contributed by atoms with Crippen molar-refractivity contribution in [2.75, 3.05) is 4.90 Å². The van der Waals surface area contributed by atoms with E-state index < -0.39 is 0 Å². The van der Waals surface area contributed by atoms with Gasteiger partial charge in [-0.15, -0.1) is 0 Å². The van der Waals surface area contributed by atoms with Gasteiger partial charge in [0.05, 0.1) is 0 Å². The van der Waals surface area contributed by atoms with E-state index >= 15 is 0 Å². The van der Waals surface area contributed by atoms with Crippen molar-refractivity contribution in [2.45, 2.75) is 19.3 Å². The molecule has 280 valence electrons. The van der Waals surface area contributed by atoms with Crippen LogP contribution in [0, 0.1) is 0 Å². The van der Waals surface area contributed by atoms with Crippen LogP contribution in [0.25, 0.3) is 77.6 Å². The number of nitrogens with zero attached hydrogens (tertiary/aromatic N) is 1. The molecular formula is C57H41NO. The molecule has 2 nitrogen and oxygen atoms in total. The summed E-state index contributed by atoms with van der Waals surface area (Å²) < 4.78 is 6.44. The first-order chi connectivity index (χ1) is 29.0. The maximum Gasteiger partial charge on any atom is 0.143 e.